The van der Waals surface area contributed by atoms with E-state index in [1.165, 1.54) is 19.4 Å². The molecule has 4 nitrogen and oxygen atoms in total. The molecule has 0 saturated carbocycles. The van der Waals surface area contributed by atoms with E-state index < -0.39 is 0 Å². The molecule has 2 heterocycles. The molecule has 0 amide bonds. The average molecular weight is 265 g/mol. The van der Waals surface area contributed by atoms with Gasteiger partial charge in [0.15, 0.2) is 0 Å². The van der Waals surface area contributed by atoms with Gasteiger partial charge in [-0.05, 0) is 39.2 Å². The van der Waals surface area contributed by atoms with E-state index in [0.29, 0.717) is 12.3 Å². The fourth-order valence-corrected chi connectivity index (χ4v) is 3.38. The normalized spacial score (nSPS) is 29.0. The quantitative estimate of drug-likeness (QED) is 0.776. The number of rotatable bonds is 4. The molecular weight excluding hydrogens is 238 g/mol. The lowest BCUT2D eigenvalue weighted by Crippen LogP contribution is -2.55. The predicted octanol–water partition coefficient (Wildman–Crippen LogP) is 1.72. The zero-order chi connectivity index (χ0) is 13.7. The standard InChI is InChI=1S/C15H27N3O/c1-15(2)14(5-6-16)4-3-7-18(15)9-8-17-10-12-19-13-11-17/h14H,3-5,7-13H2,1-2H3. The van der Waals surface area contributed by atoms with Crippen LogP contribution in [0.5, 0.6) is 0 Å². The number of hydrogen-bond acceptors (Lipinski definition) is 4. The summed E-state index contributed by atoms with van der Waals surface area (Å²) in [6, 6.07) is 2.37. The maximum Gasteiger partial charge on any atom is 0.0625 e. The van der Waals surface area contributed by atoms with Crippen LogP contribution in [0, 0.1) is 17.2 Å². The summed E-state index contributed by atoms with van der Waals surface area (Å²) in [6.45, 7) is 11.9. The lowest BCUT2D eigenvalue weighted by Gasteiger charge is -2.48. The van der Waals surface area contributed by atoms with Crippen molar-refractivity contribution in [2.24, 2.45) is 5.92 Å². The zero-order valence-electron chi connectivity index (χ0n) is 12.4. The molecule has 2 rings (SSSR count). The Morgan fingerprint density at radius 3 is 2.63 bits per heavy atom. The fourth-order valence-electron chi connectivity index (χ4n) is 3.38. The van der Waals surface area contributed by atoms with E-state index in [1.807, 2.05) is 0 Å². The van der Waals surface area contributed by atoms with Crippen LogP contribution in [0.3, 0.4) is 0 Å². The number of piperidine rings is 1. The smallest absolute Gasteiger partial charge is 0.0625 e. The summed E-state index contributed by atoms with van der Waals surface area (Å²) in [6.07, 6.45) is 3.13. The summed E-state index contributed by atoms with van der Waals surface area (Å²) in [7, 11) is 0. The Balaban J connectivity index is 1.85. The van der Waals surface area contributed by atoms with Crippen molar-refractivity contribution in [2.75, 3.05) is 45.9 Å². The van der Waals surface area contributed by atoms with Crippen LogP contribution in [0.15, 0.2) is 0 Å². The SMILES string of the molecule is CC1(C)C(CC#N)CCCN1CCN1CCOCC1. The average Bonchev–Trinajstić information content (AvgIpc) is 2.41. The van der Waals surface area contributed by atoms with Crippen LogP contribution in [0.4, 0.5) is 0 Å². The second-order valence-electron chi connectivity index (χ2n) is 6.30. The third-order valence-corrected chi connectivity index (χ3v) is 4.92. The molecule has 2 aliphatic rings. The number of morpholine rings is 1. The summed E-state index contributed by atoms with van der Waals surface area (Å²) in [5, 5.41) is 8.98. The molecule has 0 aromatic rings. The molecule has 0 aromatic heterocycles. The molecule has 2 aliphatic heterocycles. The molecule has 1 unspecified atom stereocenters. The maximum atomic E-state index is 8.98. The van der Waals surface area contributed by atoms with Crippen molar-refractivity contribution in [1.29, 1.82) is 5.26 Å². The minimum Gasteiger partial charge on any atom is -0.379 e. The number of ether oxygens (including phenoxy) is 1. The van der Waals surface area contributed by atoms with Gasteiger partial charge in [-0.15, -0.1) is 0 Å². The molecule has 0 radical (unpaired) electrons. The van der Waals surface area contributed by atoms with Crippen molar-refractivity contribution < 1.29 is 4.74 Å². The first-order valence-corrected chi connectivity index (χ1v) is 7.56. The third-order valence-electron chi connectivity index (χ3n) is 4.92. The topological polar surface area (TPSA) is 39.5 Å². The first-order chi connectivity index (χ1) is 9.14. The van der Waals surface area contributed by atoms with Gasteiger partial charge in [0.05, 0.1) is 19.3 Å². The van der Waals surface area contributed by atoms with Gasteiger partial charge in [0, 0.05) is 38.1 Å². The van der Waals surface area contributed by atoms with E-state index in [4.69, 9.17) is 10.00 Å². The van der Waals surface area contributed by atoms with Gasteiger partial charge in [-0.25, -0.2) is 0 Å². The lowest BCUT2D eigenvalue weighted by atomic mass is 9.77. The molecule has 2 fully saturated rings. The van der Waals surface area contributed by atoms with Crippen molar-refractivity contribution in [1.82, 2.24) is 9.80 Å². The summed E-state index contributed by atoms with van der Waals surface area (Å²) in [5.41, 5.74) is 0.167. The summed E-state index contributed by atoms with van der Waals surface area (Å²) in [5.74, 6) is 0.524. The minimum absolute atomic E-state index is 0.167. The summed E-state index contributed by atoms with van der Waals surface area (Å²) >= 11 is 0. The highest BCUT2D eigenvalue weighted by molar-refractivity contribution is 4.96. The molecule has 19 heavy (non-hydrogen) atoms. The van der Waals surface area contributed by atoms with Gasteiger partial charge in [0.2, 0.25) is 0 Å². The van der Waals surface area contributed by atoms with Crippen molar-refractivity contribution >= 4 is 0 Å². The number of nitrogens with zero attached hydrogens (tertiary/aromatic N) is 3. The van der Waals surface area contributed by atoms with Gasteiger partial charge in [-0.2, -0.15) is 5.26 Å². The largest absolute Gasteiger partial charge is 0.379 e. The van der Waals surface area contributed by atoms with Crippen LogP contribution in [-0.2, 0) is 4.74 Å². The van der Waals surface area contributed by atoms with E-state index in [2.05, 4.69) is 29.7 Å². The molecular formula is C15H27N3O. The molecule has 0 N–H and O–H groups in total. The van der Waals surface area contributed by atoms with Crippen LogP contribution >= 0.6 is 0 Å². The van der Waals surface area contributed by atoms with Gasteiger partial charge >= 0.3 is 0 Å². The van der Waals surface area contributed by atoms with Gasteiger partial charge < -0.3 is 4.74 Å². The van der Waals surface area contributed by atoms with Crippen molar-refractivity contribution in [3.05, 3.63) is 0 Å². The molecule has 4 heteroatoms. The molecule has 0 spiro atoms. The molecule has 0 bridgehead atoms. The zero-order valence-corrected chi connectivity index (χ0v) is 12.4. The van der Waals surface area contributed by atoms with Crippen LogP contribution in [0.1, 0.15) is 33.1 Å². The summed E-state index contributed by atoms with van der Waals surface area (Å²) in [4.78, 5) is 5.08. The van der Waals surface area contributed by atoms with Crippen molar-refractivity contribution in [3.63, 3.8) is 0 Å². The van der Waals surface area contributed by atoms with Gasteiger partial charge in [-0.1, -0.05) is 0 Å². The van der Waals surface area contributed by atoms with Gasteiger partial charge in [0.25, 0.3) is 0 Å². The molecule has 2 saturated heterocycles. The van der Waals surface area contributed by atoms with Crippen molar-refractivity contribution in [2.45, 2.75) is 38.6 Å². The van der Waals surface area contributed by atoms with Crippen LogP contribution < -0.4 is 0 Å². The van der Waals surface area contributed by atoms with Crippen LogP contribution in [-0.4, -0.2) is 61.3 Å². The lowest BCUT2D eigenvalue weighted by molar-refractivity contribution is -0.00159. The molecule has 0 aliphatic carbocycles. The first-order valence-electron chi connectivity index (χ1n) is 7.56. The second kappa shape index (κ2) is 6.69. The monoisotopic (exact) mass is 265 g/mol. The highest BCUT2D eigenvalue weighted by Gasteiger charge is 2.37. The van der Waals surface area contributed by atoms with E-state index >= 15 is 0 Å². The number of hydrogen-bond donors (Lipinski definition) is 0. The number of nitriles is 1. The Morgan fingerprint density at radius 2 is 1.95 bits per heavy atom. The highest BCUT2D eigenvalue weighted by Crippen LogP contribution is 2.35. The second-order valence-corrected chi connectivity index (χ2v) is 6.30. The van der Waals surface area contributed by atoms with Crippen LogP contribution in [0.25, 0.3) is 0 Å². The van der Waals surface area contributed by atoms with E-state index in [-0.39, 0.29) is 5.54 Å². The number of likely N-dealkylation sites (tertiary alicyclic amines) is 1. The molecule has 0 aromatic carbocycles. The van der Waals surface area contributed by atoms with Gasteiger partial charge in [-0.3, -0.25) is 9.80 Å². The highest BCUT2D eigenvalue weighted by atomic mass is 16.5. The Labute approximate surface area is 117 Å². The Morgan fingerprint density at radius 1 is 1.21 bits per heavy atom. The van der Waals surface area contributed by atoms with Gasteiger partial charge in [0.1, 0.15) is 0 Å². The third kappa shape index (κ3) is 3.68. The van der Waals surface area contributed by atoms with Crippen LogP contribution in [0.2, 0.25) is 0 Å². The molecule has 108 valence electrons. The maximum absolute atomic E-state index is 8.98. The van der Waals surface area contributed by atoms with E-state index in [1.54, 1.807) is 0 Å². The van der Waals surface area contributed by atoms with E-state index in [0.717, 1.165) is 39.4 Å². The molecule has 1 atom stereocenters. The predicted molar refractivity (Wildman–Crippen MR) is 75.9 cm³/mol. The summed E-state index contributed by atoms with van der Waals surface area (Å²) < 4.78 is 5.39. The minimum atomic E-state index is 0.167. The van der Waals surface area contributed by atoms with Crippen molar-refractivity contribution in [3.8, 4) is 6.07 Å². The fraction of sp³-hybridized carbons (Fsp3) is 0.933. The Bertz CT molecular complexity index is 318. The van der Waals surface area contributed by atoms with E-state index in [9.17, 15) is 0 Å². The Kier molecular flexibility index (Phi) is 5.20. The Hall–Kier alpha value is -0.630. The first kappa shape index (κ1) is 14.8.